The van der Waals surface area contributed by atoms with Crippen LogP contribution < -0.4 is 0 Å². The second-order valence-electron chi connectivity index (χ2n) is 4.54. The number of hydrogen-bond donors (Lipinski definition) is 0. The molecule has 0 amide bonds. The number of aromatic nitrogens is 1. The zero-order chi connectivity index (χ0) is 12.2. The second kappa shape index (κ2) is 5.01. The Labute approximate surface area is 107 Å². The van der Waals surface area contributed by atoms with Crippen LogP contribution in [-0.4, -0.2) is 4.98 Å². The zero-order valence-electron chi connectivity index (χ0n) is 10.2. The molecule has 0 spiro atoms. The fraction of sp³-hybridized carbons (Fsp3) is 0.118. The predicted molar refractivity (Wildman–Crippen MR) is 75.6 cm³/mol. The van der Waals surface area contributed by atoms with Crippen molar-refractivity contribution in [1.82, 2.24) is 4.98 Å². The number of pyridine rings is 1. The van der Waals surface area contributed by atoms with Gasteiger partial charge >= 0.3 is 0 Å². The van der Waals surface area contributed by atoms with Crippen LogP contribution in [0.3, 0.4) is 0 Å². The maximum atomic E-state index is 4.04. The molecular formula is C17H15N. The Morgan fingerprint density at radius 2 is 1.39 bits per heavy atom. The summed E-state index contributed by atoms with van der Waals surface area (Å²) in [6, 6.07) is 19.4. The van der Waals surface area contributed by atoms with Crippen molar-refractivity contribution in [2.75, 3.05) is 0 Å². The standard InChI is InChI=1S/C17H15N/c1-2-4-17-13-15(7-8-16(17)3-1)6-5-14-9-11-18-12-10-14/h1-4,7-13H,5-6H2. The molecule has 0 aliphatic rings. The lowest BCUT2D eigenvalue weighted by atomic mass is 10.0. The van der Waals surface area contributed by atoms with Gasteiger partial charge in [-0.15, -0.1) is 0 Å². The number of nitrogens with zero attached hydrogens (tertiary/aromatic N) is 1. The van der Waals surface area contributed by atoms with Crippen LogP contribution in [0.5, 0.6) is 0 Å². The molecule has 0 N–H and O–H groups in total. The normalized spacial score (nSPS) is 10.7. The lowest BCUT2D eigenvalue weighted by Crippen LogP contribution is -1.91. The highest BCUT2D eigenvalue weighted by molar-refractivity contribution is 5.82. The first-order valence-corrected chi connectivity index (χ1v) is 6.28. The van der Waals surface area contributed by atoms with Crippen molar-refractivity contribution in [3.63, 3.8) is 0 Å². The number of benzene rings is 2. The van der Waals surface area contributed by atoms with Crippen molar-refractivity contribution in [2.24, 2.45) is 0 Å². The molecule has 3 rings (SSSR count). The molecule has 0 bridgehead atoms. The number of fused-ring (bicyclic) bond motifs is 1. The van der Waals surface area contributed by atoms with Gasteiger partial charge in [0.05, 0.1) is 0 Å². The number of rotatable bonds is 3. The lowest BCUT2D eigenvalue weighted by Gasteiger charge is -2.04. The molecular weight excluding hydrogens is 218 g/mol. The molecule has 1 aromatic heterocycles. The van der Waals surface area contributed by atoms with E-state index in [4.69, 9.17) is 0 Å². The van der Waals surface area contributed by atoms with Gasteiger partial charge in [0.1, 0.15) is 0 Å². The molecule has 0 aliphatic heterocycles. The summed E-state index contributed by atoms with van der Waals surface area (Å²) in [5.74, 6) is 0. The lowest BCUT2D eigenvalue weighted by molar-refractivity contribution is 0.957. The van der Waals surface area contributed by atoms with Crippen LogP contribution in [0.4, 0.5) is 0 Å². The van der Waals surface area contributed by atoms with Gasteiger partial charge in [-0.3, -0.25) is 4.98 Å². The quantitative estimate of drug-likeness (QED) is 0.665. The molecule has 3 aromatic rings. The van der Waals surface area contributed by atoms with E-state index in [1.165, 1.54) is 21.9 Å². The van der Waals surface area contributed by atoms with Crippen LogP contribution in [0.2, 0.25) is 0 Å². The van der Waals surface area contributed by atoms with Gasteiger partial charge in [-0.25, -0.2) is 0 Å². The summed E-state index contributed by atoms with van der Waals surface area (Å²) in [5.41, 5.74) is 2.74. The van der Waals surface area contributed by atoms with Crippen LogP contribution in [-0.2, 0) is 12.8 Å². The van der Waals surface area contributed by atoms with E-state index < -0.39 is 0 Å². The molecule has 0 saturated carbocycles. The molecule has 1 nitrogen and oxygen atoms in total. The van der Waals surface area contributed by atoms with Gasteiger partial charge in [-0.2, -0.15) is 0 Å². The third-order valence-electron chi connectivity index (χ3n) is 3.27. The van der Waals surface area contributed by atoms with E-state index >= 15 is 0 Å². The topological polar surface area (TPSA) is 12.9 Å². The van der Waals surface area contributed by atoms with Crippen LogP contribution in [0.15, 0.2) is 67.0 Å². The van der Waals surface area contributed by atoms with Gasteiger partial charge < -0.3 is 0 Å². The maximum Gasteiger partial charge on any atom is 0.0270 e. The summed E-state index contributed by atoms with van der Waals surface area (Å²) in [6.45, 7) is 0. The number of hydrogen-bond acceptors (Lipinski definition) is 1. The van der Waals surface area contributed by atoms with E-state index in [1.807, 2.05) is 12.4 Å². The molecule has 0 radical (unpaired) electrons. The largest absolute Gasteiger partial charge is 0.265 e. The Hall–Kier alpha value is -2.15. The monoisotopic (exact) mass is 233 g/mol. The van der Waals surface area contributed by atoms with E-state index in [9.17, 15) is 0 Å². The first-order chi connectivity index (χ1) is 8.92. The molecule has 88 valence electrons. The molecule has 1 heterocycles. The van der Waals surface area contributed by atoms with Crippen molar-refractivity contribution in [3.05, 3.63) is 78.1 Å². The molecule has 2 aromatic carbocycles. The Balaban J connectivity index is 1.79. The summed E-state index contributed by atoms with van der Waals surface area (Å²) >= 11 is 0. The fourth-order valence-electron chi connectivity index (χ4n) is 2.23. The Morgan fingerprint density at radius 3 is 2.22 bits per heavy atom. The van der Waals surface area contributed by atoms with Crippen molar-refractivity contribution in [1.29, 1.82) is 0 Å². The highest BCUT2D eigenvalue weighted by Gasteiger charge is 1.97. The van der Waals surface area contributed by atoms with Crippen LogP contribution in [0.25, 0.3) is 10.8 Å². The molecule has 0 fully saturated rings. The average Bonchev–Trinajstić information content (AvgIpc) is 2.46. The van der Waals surface area contributed by atoms with E-state index in [0.29, 0.717) is 0 Å². The number of aryl methyl sites for hydroxylation is 2. The summed E-state index contributed by atoms with van der Waals surface area (Å²) in [7, 11) is 0. The minimum absolute atomic E-state index is 1.07. The van der Waals surface area contributed by atoms with Gasteiger partial charge in [0.25, 0.3) is 0 Å². The molecule has 0 aliphatic carbocycles. The van der Waals surface area contributed by atoms with Crippen LogP contribution >= 0.6 is 0 Å². The fourth-order valence-corrected chi connectivity index (χ4v) is 2.23. The van der Waals surface area contributed by atoms with E-state index in [2.05, 4.69) is 59.6 Å². The Morgan fingerprint density at radius 1 is 0.667 bits per heavy atom. The third-order valence-corrected chi connectivity index (χ3v) is 3.27. The third kappa shape index (κ3) is 2.40. The Kier molecular flexibility index (Phi) is 3.05. The van der Waals surface area contributed by atoms with Gasteiger partial charge in [0.2, 0.25) is 0 Å². The van der Waals surface area contributed by atoms with Crippen molar-refractivity contribution >= 4 is 10.8 Å². The molecule has 0 atom stereocenters. The minimum atomic E-state index is 1.07. The molecule has 0 saturated heterocycles. The summed E-state index contributed by atoms with van der Waals surface area (Å²) < 4.78 is 0. The van der Waals surface area contributed by atoms with Gasteiger partial charge in [-0.05, 0) is 46.9 Å². The van der Waals surface area contributed by atoms with Crippen molar-refractivity contribution in [2.45, 2.75) is 12.8 Å². The van der Waals surface area contributed by atoms with Gasteiger partial charge in [0, 0.05) is 12.4 Å². The highest BCUT2D eigenvalue weighted by Crippen LogP contribution is 2.16. The van der Waals surface area contributed by atoms with Gasteiger partial charge in [0.15, 0.2) is 0 Å². The predicted octanol–water partition coefficient (Wildman–Crippen LogP) is 4.02. The highest BCUT2D eigenvalue weighted by atomic mass is 14.6. The zero-order valence-corrected chi connectivity index (χ0v) is 10.2. The first-order valence-electron chi connectivity index (χ1n) is 6.28. The van der Waals surface area contributed by atoms with E-state index in [-0.39, 0.29) is 0 Å². The molecule has 18 heavy (non-hydrogen) atoms. The maximum absolute atomic E-state index is 4.04. The Bertz CT molecular complexity index is 644. The summed E-state index contributed by atoms with van der Waals surface area (Å²) in [5, 5.41) is 2.63. The van der Waals surface area contributed by atoms with Crippen molar-refractivity contribution < 1.29 is 0 Å². The second-order valence-corrected chi connectivity index (χ2v) is 4.54. The van der Waals surface area contributed by atoms with Crippen molar-refractivity contribution in [3.8, 4) is 0 Å². The van der Waals surface area contributed by atoms with E-state index in [1.54, 1.807) is 0 Å². The molecule has 0 unspecified atom stereocenters. The molecule has 1 heteroatoms. The minimum Gasteiger partial charge on any atom is -0.265 e. The SMILES string of the molecule is c1ccc2cc(CCc3ccncc3)ccc2c1. The van der Waals surface area contributed by atoms with Gasteiger partial charge in [-0.1, -0.05) is 42.5 Å². The van der Waals surface area contributed by atoms with Crippen LogP contribution in [0.1, 0.15) is 11.1 Å². The average molecular weight is 233 g/mol. The summed E-state index contributed by atoms with van der Waals surface area (Å²) in [4.78, 5) is 4.04. The smallest absolute Gasteiger partial charge is 0.0270 e. The van der Waals surface area contributed by atoms with E-state index in [0.717, 1.165) is 12.8 Å². The summed E-state index contributed by atoms with van der Waals surface area (Å²) in [6.07, 6.45) is 5.86. The van der Waals surface area contributed by atoms with Crippen LogP contribution in [0, 0.1) is 0 Å². The first kappa shape index (κ1) is 11.0.